The molecule has 112 valence electrons. The number of carbonyl (C=O) groups is 1. The van der Waals surface area contributed by atoms with Gasteiger partial charge in [0.05, 0.1) is 0 Å². The first-order valence-electron chi connectivity index (χ1n) is 8.28. The smallest absolute Gasteiger partial charge is 0.303 e. The van der Waals surface area contributed by atoms with Gasteiger partial charge in [-0.2, -0.15) is 0 Å². The van der Waals surface area contributed by atoms with Crippen LogP contribution in [-0.2, 0) is 4.79 Å². The lowest BCUT2D eigenvalue weighted by Crippen LogP contribution is -2.27. The molecule has 0 radical (unpaired) electrons. The van der Waals surface area contributed by atoms with E-state index < -0.39 is 5.97 Å². The van der Waals surface area contributed by atoms with E-state index in [1.807, 2.05) is 0 Å². The Bertz CT molecular complexity index is 381. The molecule has 0 spiro atoms. The van der Waals surface area contributed by atoms with E-state index in [2.05, 4.69) is 25.2 Å². The summed E-state index contributed by atoms with van der Waals surface area (Å²) < 4.78 is 0. The van der Waals surface area contributed by atoms with Crippen molar-refractivity contribution in [2.45, 2.75) is 64.7 Å². The highest BCUT2D eigenvalue weighted by Gasteiger charge is 2.31. The van der Waals surface area contributed by atoms with E-state index in [0.29, 0.717) is 12.3 Å². The van der Waals surface area contributed by atoms with Crippen LogP contribution in [0.5, 0.6) is 0 Å². The second-order valence-electron chi connectivity index (χ2n) is 6.47. The summed E-state index contributed by atoms with van der Waals surface area (Å²) in [7, 11) is 0. The Kier molecular flexibility index (Phi) is 5.87. The molecule has 2 nitrogen and oxygen atoms in total. The van der Waals surface area contributed by atoms with Crippen molar-refractivity contribution >= 4 is 5.97 Å². The van der Waals surface area contributed by atoms with Crippen LogP contribution < -0.4 is 0 Å². The summed E-state index contributed by atoms with van der Waals surface area (Å²) in [5.41, 5.74) is 1.59. The summed E-state index contributed by atoms with van der Waals surface area (Å²) in [4.78, 5) is 10.5. The third kappa shape index (κ3) is 4.22. The third-order valence-electron chi connectivity index (χ3n) is 4.99. The van der Waals surface area contributed by atoms with E-state index in [1.165, 1.54) is 38.5 Å². The van der Waals surface area contributed by atoms with Gasteiger partial charge in [-0.3, -0.25) is 4.79 Å². The quantitative estimate of drug-likeness (QED) is 0.667. The Morgan fingerprint density at radius 3 is 2.90 bits per heavy atom. The summed E-state index contributed by atoms with van der Waals surface area (Å²) in [6.07, 6.45) is 17.1. The Morgan fingerprint density at radius 2 is 2.10 bits per heavy atom. The average Bonchev–Trinajstić information content (AvgIpc) is 2.44. The van der Waals surface area contributed by atoms with E-state index >= 15 is 0 Å². The number of carboxylic acid groups (broad SMARTS) is 1. The molecule has 2 aliphatic carbocycles. The first-order chi connectivity index (χ1) is 9.68. The largest absolute Gasteiger partial charge is 0.481 e. The Morgan fingerprint density at radius 1 is 1.30 bits per heavy atom. The lowest BCUT2D eigenvalue weighted by Gasteiger charge is -2.37. The number of allylic oxidation sites excluding steroid dienone is 4. The SMILES string of the molecule is CC1C=CC2=CCCCC2[C@H]1CCCCCCC(=O)O. The summed E-state index contributed by atoms with van der Waals surface area (Å²) >= 11 is 0. The van der Waals surface area contributed by atoms with Crippen LogP contribution in [-0.4, -0.2) is 11.1 Å². The number of carboxylic acids is 1. The van der Waals surface area contributed by atoms with Crippen molar-refractivity contribution in [2.75, 3.05) is 0 Å². The molecular formula is C18H28O2. The van der Waals surface area contributed by atoms with Crippen LogP contribution in [0.15, 0.2) is 23.8 Å². The van der Waals surface area contributed by atoms with Gasteiger partial charge in [0.25, 0.3) is 0 Å². The lowest BCUT2D eigenvalue weighted by atomic mass is 9.68. The standard InChI is InChI=1S/C18H28O2/c1-14-12-13-15-8-6-7-10-17(15)16(14)9-4-2-3-5-11-18(19)20/h8,12-14,16-17H,2-7,9-11H2,1H3,(H,19,20)/t14?,16-,17?/m0/s1. The zero-order valence-corrected chi connectivity index (χ0v) is 12.7. The van der Waals surface area contributed by atoms with Crippen LogP contribution >= 0.6 is 0 Å². The molecule has 0 aromatic carbocycles. The summed E-state index contributed by atoms with van der Waals surface area (Å²) in [6, 6.07) is 0. The van der Waals surface area contributed by atoms with Gasteiger partial charge in [-0.25, -0.2) is 0 Å². The zero-order valence-electron chi connectivity index (χ0n) is 12.7. The number of fused-ring (bicyclic) bond motifs is 1. The van der Waals surface area contributed by atoms with Crippen LogP contribution in [0.3, 0.4) is 0 Å². The molecule has 2 unspecified atom stereocenters. The third-order valence-corrected chi connectivity index (χ3v) is 4.99. The number of unbranched alkanes of at least 4 members (excludes halogenated alkanes) is 3. The van der Waals surface area contributed by atoms with Crippen molar-refractivity contribution in [3.05, 3.63) is 23.8 Å². The molecule has 0 bridgehead atoms. The van der Waals surface area contributed by atoms with E-state index in [-0.39, 0.29) is 0 Å². The summed E-state index contributed by atoms with van der Waals surface area (Å²) in [5, 5.41) is 8.62. The highest BCUT2D eigenvalue weighted by Crippen LogP contribution is 2.42. The average molecular weight is 276 g/mol. The highest BCUT2D eigenvalue weighted by atomic mass is 16.4. The highest BCUT2D eigenvalue weighted by molar-refractivity contribution is 5.66. The molecule has 0 saturated heterocycles. The van der Waals surface area contributed by atoms with Gasteiger partial charge < -0.3 is 5.11 Å². The number of aliphatic carboxylic acids is 1. The lowest BCUT2D eigenvalue weighted by molar-refractivity contribution is -0.137. The normalized spacial score (nSPS) is 28.9. The van der Waals surface area contributed by atoms with Gasteiger partial charge in [-0.05, 0) is 55.4 Å². The van der Waals surface area contributed by atoms with Crippen LogP contribution in [0.25, 0.3) is 0 Å². The molecule has 2 aliphatic rings. The van der Waals surface area contributed by atoms with Crippen molar-refractivity contribution in [1.82, 2.24) is 0 Å². The number of hydrogen-bond donors (Lipinski definition) is 1. The molecule has 0 aromatic heterocycles. The molecule has 0 fully saturated rings. The first kappa shape index (κ1) is 15.3. The van der Waals surface area contributed by atoms with Gasteiger partial charge in [0.15, 0.2) is 0 Å². The van der Waals surface area contributed by atoms with E-state index in [9.17, 15) is 4.79 Å². The fraction of sp³-hybridized carbons (Fsp3) is 0.722. The fourth-order valence-electron chi connectivity index (χ4n) is 3.82. The minimum atomic E-state index is -0.659. The Labute approximate surface area is 123 Å². The molecule has 0 amide bonds. The van der Waals surface area contributed by atoms with Gasteiger partial charge in [0.2, 0.25) is 0 Å². The first-order valence-corrected chi connectivity index (χ1v) is 8.28. The molecule has 1 N–H and O–H groups in total. The molecule has 20 heavy (non-hydrogen) atoms. The van der Waals surface area contributed by atoms with Crippen molar-refractivity contribution < 1.29 is 9.90 Å². The maximum atomic E-state index is 10.5. The van der Waals surface area contributed by atoms with Crippen LogP contribution in [0.4, 0.5) is 0 Å². The molecule has 2 rings (SSSR count). The summed E-state index contributed by atoms with van der Waals surface area (Å²) in [5.74, 6) is 1.65. The van der Waals surface area contributed by atoms with Gasteiger partial charge >= 0.3 is 5.97 Å². The number of rotatable bonds is 7. The molecule has 3 atom stereocenters. The topological polar surface area (TPSA) is 37.3 Å². The molecule has 0 aliphatic heterocycles. The second kappa shape index (κ2) is 7.66. The molecule has 0 aromatic rings. The van der Waals surface area contributed by atoms with Crippen LogP contribution in [0.1, 0.15) is 64.7 Å². The van der Waals surface area contributed by atoms with Gasteiger partial charge in [0, 0.05) is 6.42 Å². The molecule has 0 heterocycles. The predicted molar refractivity (Wildman–Crippen MR) is 82.6 cm³/mol. The van der Waals surface area contributed by atoms with E-state index in [1.54, 1.807) is 5.57 Å². The van der Waals surface area contributed by atoms with Gasteiger partial charge in [-0.1, -0.05) is 44.4 Å². The van der Waals surface area contributed by atoms with Gasteiger partial charge in [0.1, 0.15) is 0 Å². The predicted octanol–water partition coefficient (Wildman–Crippen LogP) is 4.96. The Balaban J connectivity index is 1.74. The maximum Gasteiger partial charge on any atom is 0.303 e. The van der Waals surface area contributed by atoms with Crippen LogP contribution in [0, 0.1) is 17.8 Å². The van der Waals surface area contributed by atoms with E-state index in [4.69, 9.17) is 5.11 Å². The monoisotopic (exact) mass is 276 g/mol. The molecule has 2 heteroatoms. The van der Waals surface area contributed by atoms with Crippen molar-refractivity contribution in [2.24, 2.45) is 17.8 Å². The van der Waals surface area contributed by atoms with Crippen LogP contribution in [0.2, 0.25) is 0 Å². The molecule has 0 saturated carbocycles. The second-order valence-corrected chi connectivity index (χ2v) is 6.47. The fourth-order valence-corrected chi connectivity index (χ4v) is 3.82. The minimum Gasteiger partial charge on any atom is -0.481 e. The number of hydrogen-bond acceptors (Lipinski definition) is 1. The minimum absolute atomic E-state index is 0.331. The van der Waals surface area contributed by atoms with Crippen molar-refractivity contribution in [3.8, 4) is 0 Å². The molecular weight excluding hydrogens is 248 g/mol. The Hall–Kier alpha value is -1.05. The van der Waals surface area contributed by atoms with E-state index in [0.717, 1.165) is 24.7 Å². The van der Waals surface area contributed by atoms with Crippen molar-refractivity contribution in [3.63, 3.8) is 0 Å². The maximum absolute atomic E-state index is 10.5. The van der Waals surface area contributed by atoms with Crippen molar-refractivity contribution in [1.29, 1.82) is 0 Å². The zero-order chi connectivity index (χ0) is 14.4. The summed E-state index contributed by atoms with van der Waals surface area (Å²) in [6.45, 7) is 2.36. The van der Waals surface area contributed by atoms with Gasteiger partial charge in [-0.15, -0.1) is 0 Å².